The molecule has 19 heteroatoms. The Bertz CT molecular complexity index is 2980. The summed E-state index contributed by atoms with van der Waals surface area (Å²) in [5, 5.41) is 19.4. The summed E-state index contributed by atoms with van der Waals surface area (Å²) in [6.07, 6.45) is 2.54. The van der Waals surface area contributed by atoms with E-state index in [0.717, 1.165) is 68.2 Å². The molecule has 0 atom stereocenters. The molecule has 0 aliphatic carbocycles. The van der Waals surface area contributed by atoms with Crippen molar-refractivity contribution in [2.45, 2.75) is 39.5 Å². The van der Waals surface area contributed by atoms with Crippen LogP contribution in [0.15, 0.2) is 223 Å². The average Bonchev–Trinajstić information content (AvgIpc) is 3.63. The maximum atomic E-state index is 10.5. The molecule has 0 saturated heterocycles. The zero-order valence-corrected chi connectivity index (χ0v) is 52.7. The minimum Gasteiger partial charge on any atom is -1.00 e. The first-order valence-corrected chi connectivity index (χ1v) is 27.3. The van der Waals surface area contributed by atoms with Crippen molar-refractivity contribution < 1.29 is 54.7 Å². The molecule has 0 fully saturated rings. The summed E-state index contributed by atoms with van der Waals surface area (Å²) in [7, 11) is 7.04. The monoisotopic (exact) mass is 1190 g/mol. The summed E-state index contributed by atoms with van der Waals surface area (Å²) in [4.78, 5) is 14.5. The Morgan fingerprint density at radius 2 is 0.699 bits per heavy atom. The minimum absolute atomic E-state index is 0. The van der Waals surface area contributed by atoms with Crippen LogP contribution >= 0.6 is 48.9 Å². The van der Waals surface area contributed by atoms with E-state index < -0.39 is 0 Å². The van der Waals surface area contributed by atoms with Crippen LogP contribution in [0.5, 0.6) is 23.0 Å². The molecule has 8 rings (SSSR count). The van der Waals surface area contributed by atoms with Gasteiger partial charge in [-0.2, -0.15) is 0 Å². The Morgan fingerprint density at radius 3 is 0.952 bits per heavy atom. The molecule has 0 bridgehead atoms. The molecule has 0 saturated carbocycles. The number of carbonyl (C=O) groups is 1. The number of nitrogens with two attached hydrogens (primary N) is 1. The molecule has 0 unspecified atom stereocenters. The summed E-state index contributed by atoms with van der Waals surface area (Å²) in [6, 6.07) is 71.2. The normalized spacial score (nSPS) is 9.54. The molecule has 0 aliphatic rings. The smallest absolute Gasteiger partial charge is 1.00 e. The van der Waals surface area contributed by atoms with E-state index >= 15 is 0 Å². The first-order valence-electron chi connectivity index (χ1n) is 25.6. The second-order valence-electron chi connectivity index (χ2n) is 16.9. The van der Waals surface area contributed by atoms with Crippen LogP contribution in [0.2, 0.25) is 0 Å². The zero-order valence-electron chi connectivity index (χ0n) is 48.5. The Morgan fingerprint density at radius 1 is 0.422 bits per heavy atom. The van der Waals surface area contributed by atoms with Gasteiger partial charge < -0.3 is 58.0 Å². The molecular weight excluding hydrogens is 1120 g/mol. The van der Waals surface area contributed by atoms with Crippen LogP contribution < -0.4 is 86.1 Å². The molecule has 8 aromatic rings. The second kappa shape index (κ2) is 44.0. The SMILES string of the molecule is CNC(=S)N=Cc1ccc(OCc2ccccc2)cc1.CNC(=S)NCc1ccc(OCc2ccccc2)cc1.CNC(=S)NCc1ccc(OCc2ccccc2)cc1.CNC(N)=S.O=Cc1ccc(OCc2ccccc2)cc1.[B].[H-].[Na+]. The molecule has 425 valence electrons. The van der Waals surface area contributed by atoms with Gasteiger partial charge in [0.2, 0.25) is 0 Å². The van der Waals surface area contributed by atoms with Gasteiger partial charge in [0, 0.05) is 61.5 Å². The number of hydrogen-bond acceptors (Lipinski definition) is 9. The van der Waals surface area contributed by atoms with E-state index in [4.69, 9.17) is 61.3 Å². The number of thiocarbonyl (C=S) groups is 4. The largest absolute Gasteiger partial charge is 1.00 e. The van der Waals surface area contributed by atoms with Crippen LogP contribution in [-0.4, -0.2) is 69.6 Å². The predicted octanol–water partition coefficient (Wildman–Crippen LogP) is 8.17. The van der Waals surface area contributed by atoms with Crippen LogP contribution in [0, 0.1) is 0 Å². The van der Waals surface area contributed by atoms with Gasteiger partial charge in [0.1, 0.15) is 55.7 Å². The van der Waals surface area contributed by atoms with Crippen LogP contribution in [0.4, 0.5) is 0 Å². The van der Waals surface area contributed by atoms with Crippen molar-refractivity contribution >= 4 is 90.2 Å². The number of carbonyl (C=O) groups excluding carboxylic acids is 1. The summed E-state index contributed by atoms with van der Waals surface area (Å²) < 4.78 is 22.8. The van der Waals surface area contributed by atoms with Crippen molar-refractivity contribution in [3.05, 3.63) is 263 Å². The third kappa shape index (κ3) is 32.5. The van der Waals surface area contributed by atoms with Crippen LogP contribution in [0.25, 0.3) is 0 Å². The number of aldehydes is 1. The molecule has 83 heavy (non-hydrogen) atoms. The van der Waals surface area contributed by atoms with Crippen molar-refractivity contribution in [3.63, 3.8) is 0 Å². The molecule has 0 heterocycles. The van der Waals surface area contributed by atoms with Crippen LogP contribution in [0.1, 0.15) is 50.7 Å². The van der Waals surface area contributed by atoms with Gasteiger partial charge in [0.05, 0.1) is 0 Å². The van der Waals surface area contributed by atoms with Crippen molar-refractivity contribution in [1.82, 2.24) is 31.9 Å². The molecular formula is C64H71BN8NaO5S4. The van der Waals surface area contributed by atoms with E-state index in [-0.39, 0.29) is 39.4 Å². The van der Waals surface area contributed by atoms with Gasteiger partial charge in [-0.05, 0) is 161 Å². The van der Waals surface area contributed by atoms with Gasteiger partial charge in [-0.25, -0.2) is 4.99 Å². The molecule has 0 aliphatic heterocycles. The molecule has 8 N–H and O–H groups in total. The topological polar surface area (TPSA) is 165 Å². The van der Waals surface area contributed by atoms with E-state index in [1.54, 1.807) is 58.7 Å². The fourth-order valence-corrected chi connectivity index (χ4v) is 6.60. The number of benzene rings is 8. The second-order valence-corrected chi connectivity index (χ2v) is 18.6. The van der Waals surface area contributed by atoms with E-state index in [1.807, 2.05) is 170 Å². The number of nitrogens with zero attached hydrogens (tertiary/aromatic N) is 1. The predicted molar refractivity (Wildman–Crippen MR) is 353 cm³/mol. The molecule has 3 radical (unpaired) electrons. The summed E-state index contributed by atoms with van der Waals surface area (Å²) in [5.41, 5.74) is 13.5. The van der Waals surface area contributed by atoms with E-state index in [1.165, 1.54) is 0 Å². The number of hydrogen-bond donors (Lipinski definition) is 7. The molecule has 13 nitrogen and oxygen atoms in total. The van der Waals surface area contributed by atoms with Gasteiger partial charge >= 0.3 is 29.6 Å². The zero-order chi connectivity index (χ0) is 58.1. The molecule has 0 spiro atoms. The first-order chi connectivity index (χ1) is 39.5. The number of nitrogens with one attached hydrogen (secondary N) is 6. The summed E-state index contributed by atoms with van der Waals surface area (Å²) in [5.74, 6) is 3.35. The van der Waals surface area contributed by atoms with Crippen LogP contribution in [0.3, 0.4) is 0 Å². The first kappa shape index (κ1) is 71.4. The molecule has 0 amide bonds. The van der Waals surface area contributed by atoms with Gasteiger partial charge in [-0.3, -0.25) is 4.79 Å². The third-order valence-corrected chi connectivity index (χ3v) is 12.1. The number of aliphatic imine (C=N–C) groups is 1. The minimum atomic E-state index is 0. The van der Waals surface area contributed by atoms with Gasteiger partial charge in [-0.1, -0.05) is 146 Å². The maximum absolute atomic E-state index is 10.5. The fourth-order valence-electron chi connectivity index (χ4n) is 6.40. The maximum Gasteiger partial charge on any atom is 1.00 e. The van der Waals surface area contributed by atoms with E-state index in [2.05, 4.69) is 73.4 Å². The Kier molecular flexibility index (Phi) is 37.8. The quantitative estimate of drug-likeness (QED) is 0.0190. The van der Waals surface area contributed by atoms with Crippen molar-refractivity contribution in [1.29, 1.82) is 0 Å². The molecule has 0 aromatic heterocycles. The van der Waals surface area contributed by atoms with Crippen molar-refractivity contribution in [3.8, 4) is 23.0 Å². The standard InChI is InChI=1S/2C16H18N2OS.C16H16N2OS.C14H12O2.C2H6N2S.B.Na.H/c3*1-17-16(20)18-11-13-7-9-15(10-8-13)19-12-14-5-3-2-4-6-14;15-10-12-6-8-14(9-7-12)16-11-13-4-2-1-3-5-13;1-4-2(3)5;;;/h2*2-10H,11-12H2,1H3,(H2,17,18,20);2-11H,12H2,1H3,(H,17,20);1-10H,11H2;1H3,(H3,3,4,5);;;/q;;;;;;+1;-1. The van der Waals surface area contributed by atoms with Crippen molar-refractivity contribution in [2.24, 2.45) is 10.7 Å². The summed E-state index contributed by atoms with van der Waals surface area (Å²) in [6.45, 7) is 3.70. The van der Waals surface area contributed by atoms with E-state index in [9.17, 15) is 4.79 Å². The van der Waals surface area contributed by atoms with Gasteiger partial charge in [-0.15, -0.1) is 0 Å². The number of rotatable bonds is 18. The third-order valence-electron chi connectivity index (χ3n) is 10.9. The van der Waals surface area contributed by atoms with Gasteiger partial charge in [0.15, 0.2) is 20.4 Å². The Balaban J connectivity index is 0.000000540. The van der Waals surface area contributed by atoms with Crippen LogP contribution in [-0.2, 0) is 39.5 Å². The Labute approximate surface area is 536 Å². The van der Waals surface area contributed by atoms with E-state index in [0.29, 0.717) is 65.5 Å². The fraction of sp³-hybridized carbons (Fsp3) is 0.156. The van der Waals surface area contributed by atoms with Gasteiger partial charge in [0.25, 0.3) is 0 Å². The average molecular weight is 1190 g/mol. The number of ether oxygens (including phenoxy) is 4. The molecule has 8 aromatic carbocycles. The Hall–Kier alpha value is -7.68. The van der Waals surface area contributed by atoms with Crippen molar-refractivity contribution in [2.75, 3.05) is 28.2 Å². The summed E-state index contributed by atoms with van der Waals surface area (Å²) >= 11 is 19.4.